The van der Waals surface area contributed by atoms with Crippen molar-refractivity contribution < 1.29 is 19.1 Å². The number of hydrogen-bond acceptors (Lipinski definition) is 4. The molecule has 0 aliphatic carbocycles. The van der Waals surface area contributed by atoms with Crippen LogP contribution in [0.5, 0.6) is 0 Å². The van der Waals surface area contributed by atoms with Crippen molar-refractivity contribution in [3.05, 3.63) is 35.9 Å². The highest BCUT2D eigenvalue weighted by Gasteiger charge is 2.66. The third-order valence-corrected chi connectivity index (χ3v) is 4.04. The van der Waals surface area contributed by atoms with E-state index in [1.54, 1.807) is 20.8 Å². The molecule has 5 heteroatoms. The molecule has 2 atom stereocenters. The molecule has 2 aliphatic heterocycles. The third-order valence-electron chi connectivity index (χ3n) is 4.04. The van der Waals surface area contributed by atoms with Crippen LogP contribution in [-0.2, 0) is 14.3 Å². The molecule has 3 rings (SSSR count). The van der Waals surface area contributed by atoms with Crippen LogP contribution in [0.25, 0.3) is 0 Å². The lowest BCUT2D eigenvalue weighted by Crippen LogP contribution is -2.70. The molecule has 0 saturated carbocycles. The maximum Gasteiger partial charge on any atom is 0.417 e. The molecule has 1 aromatic carbocycles. The number of amides is 2. The average molecular weight is 303 g/mol. The van der Waals surface area contributed by atoms with E-state index in [-0.39, 0.29) is 5.91 Å². The standard InChI is InChI=1S/C17H21NO4/c1-16(2,3)22-15(20)18-13(12-8-5-4-6-9-12)17(14(18)19)10-7-11-21-17/h4-6,8-9,13H,7,10-11H2,1-3H3/t13-,17+/m1/s1. The van der Waals surface area contributed by atoms with Gasteiger partial charge in [-0.25, -0.2) is 9.69 Å². The molecular weight excluding hydrogens is 282 g/mol. The van der Waals surface area contributed by atoms with Crippen LogP contribution < -0.4 is 0 Å². The number of carbonyl (C=O) groups excluding carboxylic acids is 2. The molecule has 2 heterocycles. The summed E-state index contributed by atoms with van der Waals surface area (Å²) in [6.07, 6.45) is 0.870. The predicted molar refractivity (Wildman–Crippen MR) is 80.2 cm³/mol. The van der Waals surface area contributed by atoms with E-state index in [1.165, 1.54) is 4.90 Å². The molecule has 1 spiro atoms. The number of rotatable bonds is 1. The van der Waals surface area contributed by atoms with Crippen LogP contribution in [0.4, 0.5) is 4.79 Å². The second kappa shape index (κ2) is 5.09. The summed E-state index contributed by atoms with van der Waals surface area (Å²) < 4.78 is 11.1. The fourth-order valence-corrected chi connectivity index (χ4v) is 3.18. The van der Waals surface area contributed by atoms with Crippen molar-refractivity contribution in [2.45, 2.75) is 50.9 Å². The van der Waals surface area contributed by atoms with E-state index < -0.39 is 23.3 Å². The first-order valence-electron chi connectivity index (χ1n) is 7.61. The van der Waals surface area contributed by atoms with Crippen molar-refractivity contribution in [1.82, 2.24) is 4.90 Å². The molecule has 118 valence electrons. The van der Waals surface area contributed by atoms with Crippen LogP contribution >= 0.6 is 0 Å². The van der Waals surface area contributed by atoms with E-state index in [2.05, 4.69) is 0 Å². The van der Waals surface area contributed by atoms with E-state index in [9.17, 15) is 9.59 Å². The van der Waals surface area contributed by atoms with Gasteiger partial charge in [-0.2, -0.15) is 0 Å². The molecule has 5 nitrogen and oxygen atoms in total. The average Bonchev–Trinajstić information content (AvgIpc) is 2.94. The summed E-state index contributed by atoms with van der Waals surface area (Å²) in [6, 6.07) is 9.13. The summed E-state index contributed by atoms with van der Waals surface area (Å²) in [4.78, 5) is 26.2. The molecule has 0 radical (unpaired) electrons. The second-order valence-electron chi connectivity index (χ2n) is 6.81. The number of imide groups is 1. The summed E-state index contributed by atoms with van der Waals surface area (Å²) in [6.45, 7) is 5.91. The van der Waals surface area contributed by atoms with Crippen molar-refractivity contribution >= 4 is 12.0 Å². The SMILES string of the molecule is CC(C)(C)OC(=O)N1C(=O)[C@]2(CCCO2)[C@H]1c1ccccc1. The zero-order chi connectivity index (χ0) is 16.0. The Labute approximate surface area is 130 Å². The van der Waals surface area contributed by atoms with E-state index in [0.29, 0.717) is 13.0 Å². The molecule has 1 aromatic rings. The molecule has 2 saturated heterocycles. The number of likely N-dealkylation sites (tertiary alicyclic amines) is 1. The molecule has 0 N–H and O–H groups in total. The lowest BCUT2D eigenvalue weighted by atomic mass is 9.76. The van der Waals surface area contributed by atoms with Crippen LogP contribution in [0.15, 0.2) is 30.3 Å². The van der Waals surface area contributed by atoms with Crippen molar-refractivity contribution in [1.29, 1.82) is 0 Å². The summed E-state index contributed by atoms with van der Waals surface area (Å²) >= 11 is 0. The van der Waals surface area contributed by atoms with Gasteiger partial charge in [-0.3, -0.25) is 4.79 Å². The Morgan fingerprint density at radius 1 is 1.32 bits per heavy atom. The van der Waals surface area contributed by atoms with Crippen LogP contribution in [0.2, 0.25) is 0 Å². The Balaban J connectivity index is 1.93. The zero-order valence-corrected chi connectivity index (χ0v) is 13.2. The minimum absolute atomic E-state index is 0.284. The molecule has 2 fully saturated rings. The highest BCUT2D eigenvalue weighted by molar-refractivity contribution is 6.04. The first kappa shape index (κ1) is 15.0. The van der Waals surface area contributed by atoms with Crippen LogP contribution in [0.3, 0.4) is 0 Å². The third kappa shape index (κ3) is 2.29. The van der Waals surface area contributed by atoms with Gasteiger partial charge < -0.3 is 9.47 Å². The number of β-lactam (4-membered cyclic amide) rings is 1. The topological polar surface area (TPSA) is 55.8 Å². The van der Waals surface area contributed by atoms with Gasteiger partial charge in [0.05, 0.1) is 0 Å². The van der Waals surface area contributed by atoms with Gasteiger partial charge in [0.25, 0.3) is 5.91 Å². The lowest BCUT2D eigenvalue weighted by Gasteiger charge is -2.51. The normalized spacial score (nSPS) is 27.9. The van der Waals surface area contributed by atoms with Crippen LogP contribution in [0, 0.1) is 0 Å². The van der Waals surface area contributed by atoms with E-state index in [1.807, 2.05) is 30.3 Å². The summed E-state index contributed by atoms with van der Waals surface area (Å²) in [5.41, 5.74) is -0.634. The van der Waals surface area contributed by atoms with E-state index in [0.717, 1.165) is 12.0 Å². The maximum atomic E-state index is 12.6. The number of nitrogens with zero attached hydrogens (tertiary/aromatic N) is 1. The summed E-state index contributed by atoms with van der Waals surface area (Å²) in [5.74, 6) is -0.284. The van der Waals surface area contributed by atoms with Crippen molar-refractivity contribution in [3.63, 3.8) is 0 Å². The van der Waals surface area contributed by atoms with Gasteiger partial charge in [0, 0.05) is 6.61 Å². The fraction of sp³-hybridized carbons (Fsp3) is 0.529. The Bertz CT molecular complexity index is 584. The highest BCUT2D eigenvalue weighted by atomic mass is 16.6. The van der Waals surface area contributed by atoms with Crippen molar-refractivity contribution in [2.24, 2.45) is 0 Å². The number of ether oxygens (including phenoxy) is 2. The van der Waals surface area contributed by atoms with Crippen molar-refractivity contribution in [3.8, 4) is 0 Å². The number of benzene rings is 1. The molecule has 0 unspecified atom stereocenters. The molecule has 0 bridgehead atoms. The molecule has 0 aromatic heterocycles. The smallest absolute Gasteiger partial charge is 0.417 e. The van der Waals surface area contributed by atoms with Crippen LogP contribution in [0.1, 0.15) is 45.2 Å². The highest BCUT2D eigenvalue weighted by Crippen LogP contribution is 2.51. The molecule has 22 heavy (non-hydrogen) atoms. The van der Waals surface area contributed by atoms with Gasteiger partial charge in [0.1, 0.15) is 11.6 Å². The lowest BCUT2D eigenvalue weighted by molar-refractivity contribution is -0.191. The van der Waals surface area contributed by atoms with Gasteiger partial charge in [0.2, 0.25) is 0 Å². The molecule has 2 aliphatic rings. The van der Waals surface area contributed by atoms with Crippen molar-refractivity contribution in [2.75, 3.05) is 6.61 Å². The quantitative estimate of drug-likeness (QED) is 0.748. The largest absolute Gasteiger partial charge is 0.443 e. The monoisotopic (exact) mass is 303 g/mol. The van der Waals surface area contributed by atoms with Gasteiger partial charge in [-0.05, 0) is 39.2 Å². The van der Waals surface area contributed by atoms with E-state index >= 15 is 0 Å². The fourth-order valence-electron chi connectivity index (χ4n) is 3.18. The van der Waals surface area contributed by atoms with Gasteiger partial charge in [-0.1, -0.05) is 30.3 Å². The molecular formula is C17H21NO4. The second-order valence-corrected chi connectivity index (χ2v) is 6.81. The molecule has 2 amide bonds. The first-order chi connectivity index (χ1) is 10.4. The van der Waals surface area contributed by atoms with E-state index in [4.69, 9.17) is 9.47 Å². The Morgan fingerprint density at radius 3 is 2.55 bits per heavy atom. The Kier molecular flexibility index (Phi) is 3.48. The van der Waals surface area contributed by atoms with Crippen LogP contribution in [-0.4, -0.2) is 34.7 Å². The van der Waals surface area contributed by atoms with Gasteiger partial charge in [0.15, 0.2) is 5.60 Å². The minimum atomic E-state index is -0.891. The minimum Gasteiger partial charge on any atom is -0.443 e. The van der Waals surface area contributed by atoms with Gasteiger partial charge >= 0.3 is 6.09 Å². The number of carbonyl (C=O) groups is 2. The number of hydrogen-bond donors (Lipinski definition) is 0. The maximum absolute atomic E-state index is 12.6. The first-order valence-corrected chi connectivity index (χ1v) is 7.61. The van der Waals surface area contributed by atoms with Gasteiger partial charge in [-0.15, -0.1) is 0 Å². The predicted octanol–water partition coefficient (Wildman–Crippen LogP) is 3.05. The Morgan fingerprint density at radius 2 is 2.00 bits per heavy atom. The summed E-state index contributed by atoms with van der Waals surface area (Å²) in [5, 5.41) is 0. The Hall–Kier alpha value is -1.88. The zero-order valence-electron chi connectivity index (χ0n) is 13.2. The summed E-state index contributed by atoms with van der Waals surface area (Å²) in [7, 11) is 0.